The summed E-state index contributed by atoms with van der Waals surface area (Å²) in [6.45, 7) is 2.52. The van der Waals surface area contributed by atoms with Crippen molar-refractivity contribution in [3.8, 4) is 0 Å². The van der Waals surface area contributed by atoms with Gasteiger partial charge in [-0.25, -0.2) is 4.68 Å². The highest BCUT2D eigenvalue weighted by atomic mass is 32.2. The molecule has 1 aromatic heterocycles. The Morgan fingerprint density at radius 1 is 1.50 bits per heavy atom. The third kappa shape index (κ3) is 3.00. The Hall–Kier alpha value is -1.68. The van der Waals surface area contributed by atoms with Crippen LogP contribution in [0.2, 0.25) is 0 Å². The number of rotatable bonds is 8. The number of hydrogen-bond acceptors (Lipinski definition) is 7. The van der Waals surface area contributed by atoms with Crippen LogP contribution in [0.3, 0.4) is 0 Å². The van der Waals surface area contributed by atoms with Crippen molar-refractivity contribution in [1.82, 2.24) is 25.1 Å². The van der Waals surface area contributed by atoms with Gasteiger partial charge in [-0.15, -0.1) is 16.9 Å². The SMILES string of the molecule is C[C@@H](O)[C@H]1C(=O)N2CC(CCCCCn3cnnn3)(C(=O)O)S[C@H]12. The van der Waals surface area contributed by atoms with Gasteiger partial charge in [0.2, 0.25) is 5.91 Å². The van der Waals surface area contributed by atoms with E-state index in [1.165, 1.54) is 11.8 Å². The van der Waals surface area contributed by atoms with Crippen LogP contribution in [0.4, 0.5) is 0 Å². The standard InChI is InChI=1S/C14H21N5O4S/c1-9(20)10-11(21)19-7-14(13(22)23,24-12(10)19)5-3-2-4-6-18-8-15-16-17-18/h8-10,12,20H,2-7H2,1H3,(H,22,23)/t9-,10+,12-,14?/m1/s1. The van der Waals surface area contributed by atoms with Crippen LogP contribution in [0.15, 0.2) is 6.33 Å². The summed E-state index contributed by atoms with van der Waals surface area (Å²) < 4.78 is 0.688. The van der Waals surface area contributed by atoms with Gasteiger partial charge in [-0.2, -0.15) is 0 Å². The molecule has 2 aliphatic heterocycles. The van der Waals surface area contributed by atoms with Crippen LogP contribution in [0.1, 0.15) is 32.6 Å². The molecule has 0 saturated carbocycles. The number of hydrogen-bond donors (Lipinski definition) is 2. The molecule has 1 unspecified atom stereocenters. The lowest BCUT2D eigenvalue weighted by atomic mass is 9.91. The molecule has 0 aromatic carbocycles. The van der Waals surface area contributed by atoms with Crippen molar-refractivity contribution in [3.63, 3.8) is 0 Å². The summed E-state index contributed by atoms with van der Waals surface area (Å²) in [6, 6.07) is 0. The molecule has 3 rings (SSSR count). The van der Waals surface area contributed by atoms with E-state index in [4.69, 9.17) is 0 Å². The van der Waals surface area contributed by atoms with Gasteiger partial charge >= 0.3 is 5.97 Å². The zero-order valence-corrected chi connectivity index (χ0v) is 14.2. The number of aromatic nitrogens is 4. The Morgan fingerprint density at radius 3 is 2.92 bits per heavy atom. The number of aliphatic hydroxyl groups is 1. The number of unbranched alkanes of at least 4 members (excludes halogenated alkanes) is 2. The highest BCUT2D eigenvalue weighted by molar-refractivity contribution is 8.02. The van der Waals surface area contributed by atoms with E-state index in [9.17, 15) is 19.8 Å². The van der Waals surface area contributed by atoms with E-state index >= 15 is 0 Å². The second-order valence-corrected chi connectivity index (χ2v) is 7.92. The number of amides is 1. The number of aliphatic hydroxyl groups excluding tert-OH is 1. The Labute approximate surface area is 143 Å². The van der Waals surface area contributed by atoms with Gasteiger partial charge in [0.15, 0.2) is 0 Å². The predicted molar refractivity (Wildman–Crippen MR) is 84.9 cm³/mol. The second kappa shape index (κ2) is 6.67. The number of nitrogens with zero attached hydrogens (tertiary/aromatic N) is 5. The largest absolute Gasteiger partial charge is 0.480 e. The summed E-state index contributed by atoms with van der Waals surface area (Å²) >= 11 is 1.32. The third-order valence-corrected chi connectivity index (χ3v) is 6.47. The van der Waals surface area contributed by atoms with E-state index in [0.717, 1.165) is 19.3 Å². The number of carboxylic acid groups (broad SMARTS) is 1. The fourth-order valence-corrected chi connectivity index (χ4v) is 5.19. The minimum Gasteiger partial charge on any atom is -0.480 e. The first kappa shape index (κ1) is 17.2. The number of β-lactam (4-membered cyclic amide) rings is 1. The molecule has 3 heterocycles. The number of aliphatic carboxylic acids is 1. The molecule has 0 bridgehead atoms. The maximum Gasteiger partial charge on any atom is 0.321 e. The Morgan fingerprint density at radius 2 is 2.29 bits per heavy atom. The number of carbonyl (C=O) groups is 2. The molecule has 0 spiro atoms. The van der Waals surface area contributed by atoms with Gasteiger partial charge in [0.25, 0.3) is 0 Å². The minimum absolute atomic E-state index is 0.135. The lowest BCUT2D eigenvalue weighted by molar-refractivity contribution is -0.156. The summed E-state index contributed by atoms with van der Waals surface area (Å²) in [5.74, 6) is -1.49. The molecule has 0 aliphatic carbocycles. The average Bonchev–Trinajstić information content (AvgIpc) is 3.13. The van der Waals surface area contributed by atoms with Gasteiger partial charge in [0, 0.05) is 13.1 Å². The lowest BCUT2D eigenvalue weighted by Gasteiger charge is -2.42. The molecular formula is C14H21N5O4S. The zero-order valence-electron chi connectivity index (χ0n) is 13.4. The molecule has 10 heteroatoms. The summed E-state index contributed by atoms with van der Waals surface area (Å²) in [6.07, 6.45) is 3.82. The van der Waals surface area contributed by atoms with E-state index in [-0.39, 0.29) is 17.8 Å². The van der Waals surface area contributed by atoms with Gasteiger partial charge in [0.1, 0.15) is 11.1 Å². The molecule has 0 radical (unpaired) electrons. The smallest absolute Gasteiger partial charge is 0.321 e. The second-order valence-electron chi connectivity index (χ2n) is 6.42. The van der Waals surface area contributed by atoms with E-state index in [1.54, 1.807) is 22.8 Å². The fourth-order valence-electron chi connectivity index (χ4n) is 3.35. The molecule has 4 atom stereocenters. The van der Waals surface area contributed by atoms with Crippen molar-refractivity contribution in [2.75, 3.05) is 6.54 Å². The van der Waals surface area contributed by atoms with Crippen molar-refractivity contribution >= 4 is 23.6 Å². The van der Waals surface area contributed by atoms with Gasteiger partial charge in [0.05, 0.1) is 17.4 Å². The summed E-state index contributed by atoms with van der Waals surface area (Å²) in [4.78, 5) is 25.5. The Bertz CT molecular complexity index is 610. The third-order valence-electron chi connectivity index (χ3n) is 4.72. The number of aryl methyl sites for hydroxylation is 1. The first-order valence-electron chi connectivity index (χ1n) is 8.05. The van der Waals surface area contributed by atoms with Crippen LogP contribution in [-0.2, 0) is 16.1 Å². The van der Waals surface area contributed by atoms with Crippen molar-refractivity contribution < 1.29 is 19.8 Å². The highest BCUT2D eigenvalue weighted by Crippen LogP contribution is 2.52. The zero-order chi connectivity index (χ0) is 17.3. The van der Waals surface area contributed by atoms with Crippen molar-refractivity contribution in [2.45, 2.75) is 55.4 Å². The predicted octanol–water partition coefficient (Wildman–Crippen LogP) is -0.0310. The van der Waals surface area contributed by atoms with Crippen LogP contribution < -0.4 is 0 Å². The quantitative estimate of drug-likeness (QED) is 0.492. The monoisotopic (exact) mass is 355 g/mol. The maximum atomic E-state index is 12.0. The van der Waals surface area contributed by atoms with E-state index in [1.807, 2.05) is 0 Å². The first-order chi connectivity index (χ1) is 11.4. The summed E-state index contributed by atoms with van der Waals surface area (Å²) in [5.41, 5.74) is 0. The Balaban J connectivity index is 1.52. The van der Waals surface area contributed by atoms with Crippen molar-refractivity contribution in [2.24, 2.45) is 5.92 Å². The average molecular weight is 355 g/mol. The molecule has 1 aromatic rings. The molecule has 1 amide bonds. The van der Waals surface area contributed by atoms with Crippen LogP contribution >= 0.6 is 11.8 Å². The normalized spacial score (nSPS) is 30.1. The molecule has 24 heavy (non-hydrogen) atoms. The number of fused-ring (bicyclic) bond motifs is 1. The van der Waals surface area contributed by atoms with Gasteiger partial charge in [-0.1, -0.05) is 12.8 Å². The highest BCUT2D eigenvalue weighted by Gasteiger charge is 2.62. The van der Waals surface area contributed by atoms with E-state index < -0.39 is 22.7 Å². The van der Waals surface area contributed by atoms with Crippen LogP contribution in [-0.4, -0.2) is 70.0 Å². The Kier molecular flexibility index (Phi) is 4.77. The molecule has 2 aliphatic rings. The molecule has 2 fully saturated rings. The van der Waals surface area contributed by atoms with Crippen molar-refractivity contribution in [1.29, 1.82) is 0 Å². The van der Waals surface area contributed by atoms with Crippen molar-refractivity contribution in [3.05, 3.63) is 6.33 Å². The fraction of sp³-hybridized carbons (Fsp3) is 0.786. The number of carbonyl (C=O) groups excluding carboxylic acids is 1. The van der Waals surface area contributed by atoms with Gasteiger partial charge in [-0.05, 0) is 30.2 Å². The first-order valence-corrected chi connectivity index (χ1v) is 8.93. The van der Waals surface area contributed by atoms with Gasteiger partial charge < -0.3 is 15.1 Å². The minimum atomic E-state index is -0.960. The molecule has 2 saturated heterocycles. The molecule has 132 valence electrons. The molecule has 2 N–H and O–H groups in total. The lowest BCUT2D eigenvalue weighted by Crippen LogP contribution is -2.60. The topological polar surface area (TPSA) is 121 Å². The molecule has 9 nitrogen and oxygen atoms in total. The van der Waals surface area contributed by atoms with Crippen LogP contribution in [0.25, 0.3) is 0 Å². The van der Waals surface area contributed by atoms with E-state index in [0.29, 0.717) is 13.0 Å². The van der Waals surface area contributed by atoms with Crippen LogP contribution in [0.5, 0.6) is 0 Å². The number of carboxylic acids is 1. The number of tetrazole rings is 1. The van der Waals surface area contributed by atoms with Gasteiger partial charge in [-0.3, -0.25) is 9.59 Å². The molecular weight excluding hydrogens is 334 g/mol. The number of thioether (sulfide) groups is 1. The summed E-state index contributed by atoms with van der Waals surface area (Å²) in [5, 5.41) is 30.1. The summed E-state index contributed by atoms with van der Waals surface area (Å²) in [7, 11) is 0. The van der Waals surface area contributed by atoms with Crippen LogP contribution in [0, 0.1) is 5.92 Å². The van der Waals surface area contributed by atoms with E-state index in [2.05, 4.69) is 15.5 Å². The maximum absolute atomic E-state index is 12.0.